The van der Waals surface area contributed by atoms with Gasteiger partial charge in [-0.05, 0) is 29.8 Å². The molecule has 2 aromatic carbocycles. The molecule has 110 valence electrons. The number of aromatic nitrogens is 4. The smallest absolute Gasteiger partial charge is 0.203 e. The molecule has 0 atom stereocenters. The molecule has 6 heteroatoms. The van der Waals surface area contributed by atoms with E-state index in [9.17, 15) is 0 Å². The van der Waals surface area contributed by atoms with Gasteiger partial charge in [0.05, 0.1) is 13.7 Å². The fourth-order valence-corrected chi connectivity index (χ4v) is 1.96. The van der Waals surface area contributed by atoms with Crippen LogP contribution in [0.1, 0.15) is 5.56 Å². The lowest BCUT2D eigenvalue weighted by atomic mass is 10.1. The molecule has 1 aromatic heterocycles. The molecule has 1 N–H and O–H groups in total. The maximum atomic E-state index is 9.03. The molecule has 0 saturated heterocycles. The second-order valence-corrected chi connectivity index (χ2v) is 4.63. The maximum Gasteiger partial charge on any atom is 0.203 e. The summed E-state index contributed by atoms with van der Waals surface area (Å²) in [6, 6.07) is 14.7. The average Bonchev–Trinajstić information content (AvgIpc) is 2.62. The van der Waals surface area contributed by atoms with Crippen LogP contribution in [0.5, 0.6) is 5.75 Å². The first kappa shape index (κ1) is 14.1. The van der Waals surface area contributed by atoms with Crippen LogP contribution in [0.25, 0.3) is 22.8 Å². The number of ether oxygens (including phenoxy) is 1. The molecule has 3 rings (SSSR count). The molecule has 6 nitrogen and oxygen atoms in total. The highest BCUT2D eigenvalue weighted by Crippen LogP contribution is 2.19. The fraction of sp³-hybridized carbons (Fsp3) is 0.125. The quantitative estimate of drug-likeness (QED) is 0.793. The summed E-state index contributed by atoms with van der Waals surface area (Å²) in [5, 5.41) is 25.5. The molecule has 0 saturated carbocycles. The Morgan fingerprint density at radius 3 is 1.64 bits per heavy atom. The normalized spacial score (nSPS) is 10.5. The summed E-state index contributed by atoms with van der Waals surface area (Å²) < 4.78 is 5.11. The zero-order chi connectivity index (χ0) is 15.4. The largest absolute Gasteiger partial charge is 0.497 e. The van der Waals surface area contributed by atoms with Crippen LogP contribution in [0.2, 0.25) is 0 Å². The van der Waals surface area contributed by atoms with Gasteiger partial charge in [0, 0.05) is 11.1 Å². The molecule has 0 aliphatic rings. The van der Waals surface area contributed by atoms with Crippen LogP contribution in [-0.2, 0) is 6.61 Å². The first-order valence-corrected chi connectivity index (χ1v) is 6.72. The van der Waals surface area contributed by atoms with Crippen LogP contribution in [0.4, 0.5) is 0 Å². The van der Waals surface area contributed by atoms with E-state index >= 15 is 0 Å². The minimum Gasteiger partial charge on any atom is -0.497 e. The van der Waals surface area contributed by atoms with E-state index < -0.39 is 0 Å². The third kappa shape index (κ3) is 2.91. The Balaban J connectivity index is 1.84. The van der Waals surface area contributed by atoms with Crippen molar-refractivity contribution in [1.29, 1.82) is 0 Å². The number of benzene rings is 2. The number of nitrogens with zero attached hydrogens (tertiary/aromatic N) is 4. The summed E-state index contributed by atoms with van der Waals surface area (Å²) in [7, 11) is 1.62. The molecule has 0 unspecified atom stereocenters. The molecule has 3 aromatic rings. The molecule has 0 radical (unpaired) electrons. The third-order valence-electron chi connectivity index (χ3n) is 3.22. The van der Waals surface area contributed by atoms with Gasteiger partial charge < -0.3 is 9.84 Å². The lowest BCUT2D eigenvalue weighted by Gasteiger charge is -2.03. The lowest BCUT2D eigenvalue weighted by Crippen LogP contribution is -1.99. The Bertz CT molecular complexity index is 674. The van der Waals surface area contributed by atoms with Gasteiger partial charge in [0.15, 0.2) is 0 Å². The Kier molecular flexibility index (Phi) is 4.02. The van der Waals surface area contributed by atoms with E-state index in [0.717, 1.165) is 22.4 Å². The summed E-state index contributed by atoms with van der Waals surface area (Å²) in [6.45, 7) is 0.00798. The monoisotopic (exact) mass is 294 g/mol. The Morgan fingerprint density at radius 2 is 1.23 bits per heavy atom. The first-order valence-electron chi connectivity index (χ1n) is 6.72. The maximum absolute atomic E-state index is 9.03. The van der Waals surface area contributed by atoms with Crippen molar-refractivity contribution in [3.05, 3.63) is 54.1 Å². The topological polar surface area (TPSA) is 81.0 Å². The van der Waals surface area contributed by atoms with Gasteiger partial charge in [-0.3, -0.25) is 0 Å². The predicted octanol–water partition coefficient (Wildman–Crippen LogP) is 2.10. The van der Waals surface area contributed by atoms with Crippen molar-refractivity contribution in [1.82, 2.24) is 20.4 Å². The van der Waals surface area contributed by atoms with Crippen LogP contribution in [0.3, 0.4) is 0 Å². The summed E-state index contributed by atoms with van der Waals surface area (Å²) in [5.74, 6) is 1.67. The Morgan fingerprint density at radius 1 is 0.773 bits per heavy atom. The van der Waals surface area contributed by atoms with Crippen molar-refractivity contribution in [2.24, 2.45) is 0 Å². The summed E-state index contributed by atoms with van der Waals surface area (Å²) in [5.41, 5.74) is 2.46. The summed E-state index contributed by atoms with van der Waals surface area (Å²) in [4.78, 5) is 0. The second-order valence-electron chi connectivity index (χ2n) is 4.63. The highest BCUT2D eigenvalue weighted by atomic mass is 16.5. The molecule has 0 amide bonds. The molecule has 0 bridgehead atoms. The molecule has 0 fully saturated rings. The van der Waals surface area contributed by atoms with Gasteiger partial charge in [-0.25, -0.2) is 0 Å². The second kappa shape index (κ2) is 6.28. The molecular formula is C16H14N4O2. The number of hydrogen-bond acceptors (Lipinski definition) is 6. The van der Waals surface area contributed by atoms with Gasteiger partial charge in [0.2, 0.25) is 11.6 Å². The number of rotatable bonds is 4. The van der Waals surface area contributed by atoms with Crippen molar-refractivity contribution in [2.45, 2.75) is 6.61 Å². The van der Waals surface area contributed by atoms with Crippen LogP contribution in [0.15, 0.2) is 48.5 Å². The average molecular weight is 294 g/mol. The van der Waals surface area contributed by atoms with Crippen molar-refractivity contribution in [3.8, 4) is 28.5 Å². The Hall–Kier alpha value is -2.86. The molecule has 1 heterocycles. The minimum absolute atomic E-state index is 0.00798. The van der Waals surface area contributed by atoms with Gasteiger partial charge in [-0.15, -0.1) is 20.4 Å². The number of aliphatic hydroxyl groups is 1. The molecule has 0 spiro atoms. The van der Waals surface area contributed by atoms with Gasteiger partial charge in [-0.2, -0.15) is 0 Å². The van der Waals surface area contributed by atoms with Gasteiger partial charge >= 0.3 is 0 Å². The van der Waals surface area contributed by atoms with E-state index in [1.807, 2.05) is 48.5 Å². The van der Waals surface area contributed by atoms with Crippen molar-refractivity contribution >= 4 is 0 Å². The highest BCUT2D eigenvalue weighted by Gasteiger charge is 2.06. The lowest BCUT2D eigenvalue weighted by molar-refractivity contribution is 0.282. The standard InChI is InChI=1S/C16H14N4O2/c1-22-14-8-6-13(7-9-14)16-19-17-15(18-20-16)12-4-2-11(10-21)3-5-12/h2-9,21H,10H2,1H3. The number of hydrogen-bond donors (Lipinski definition) is 1. The highest BCUT2D eigenvalue weighted by molar-refractivity contribution is 5.57. The van der Waals surface area contributed by atoms with E-state index in [4.69, 9.17) is 9.84 Å². The van der Waals surface area contributed by atoms with E-state index in [2.05, 4.69) is 20.4 Å². The predicted molar refractivity (Wildman–Crippen MR) is 81.0 cm³/mol. The minimum atomic E-state index is 0.00798. The van der Waals surface area contributed by atoms with E-state index in [-0.39, 0.29) is 6.61 Å². The van der Waals surface area contributed by atoms with Crippen molar-refractivity contribution < 1.29 is 9.84 Å². The van der Waals surface area contributed by atoms with Crippen LogP contribution < -0.4 is 4.74 Å². The zero-order valence-corrected chi connectivity index (χ0v) is 12.0. The molecule has 0 aliphatic carbocycles. The van der Waals surface area contributed by atoms with Crippen LogP contribution >= 0.6 is 0 Å². The van der Waals surface area contributed by atoms with E-state index in [0.29, 0.717) is 11.6 Å². The van der Waals surface area contributed by atoms with E-state index in [1.165, 1.54) is 0 Å². The summed E-state index contributed by atoms with van der Waals surface area (Å²) in [6.07, 6.45) is 0. The Labute approximate surface area is 127 Å². The first-order chi connectivity index (χ1) is 10.8. The van der Waals surface area contributed by atoms with Crippen molar-refractivity contribution in [2.75, 3.05) is 7.11 Å². The molecule has 22 heavy (non-hydrogen) atoms. The van der Waals surface area contributed by atoms with Crippen LogP contribution in [0, 0.1) is 0 Å². The number of aliphatic hydroxyl groups excluding tert-OH is 1. The van der Waals surface area contributed by atoms with Gasteiger partial charge in [0.25, 0.3) is 0 Å². The van der Waals surface area contributed by atoms with Crippen LogP contribution in [-0.4, -0.2) is 32.6 Å². The summed E-state index contributed by atoms with van der Waals surface area (Å²) >= 11 is 0. The van der Waals surface area contributed by atoms with Crippen molar-refractivity contribution in [3.63, 3.8) is 0 Å². The van der Waals surface area contributed by atoms with Gasteiger partial charge in [-0.1, -0.05) is 24.3 Å². The number of methoxy groups -OCH3 is 1. The fourth-order valence-electron chi connectivity index (χ4n) is 1.96. The zero-order valence-electron chi connectivity index (χ0n) is 12.0. The molecular weight excluding hydrogens is 280 g/mol. The third-order valence-corrected chi connectivity index (χ3v) is 3.22. The SMILES string of the molecule is COc1ccc(-c2nnc(-c3ccc(CO)cc3)nn2)cc1. The van der Waals surface area contributed by atoms with E-state index in [1.54, 1.807) is 7.11 Å². The molecule has 0 aliphatic heterocycles. The van der Waals surface area contributed by atoms with Gasteiger partial charge in [0.1, 0.15) is 5.75 Å².